The fourth-order valence-corrected chi connectivity index (χ4v) is 3.53. The summed E-state index contributed by atoms with van der Waals surface area (Å²) in [6.07, 6.45) is 3.14. The minimum Gasteiger partial charge on any atom is -0.337 e. The van der Waals surface area contributed by atoms with Gasteiger partial charge in [-0.15, -0.1) is 0 Å². The molecule has 2 nitrogen and oxygen atoms in total. The van der Waals surface area contributed by atoms with E-state index in [0.717, 1.165) is 24.4 Å². The number of hydrogen-bond donors (Lipinski definition) is 0. The van der Waals surface area contributed by atoms with Crippen molar-refractivity contribution in [3.05, 3.63) is 78.5 Å². The van der Waals surface area contributed by atoms with Gasteiger partial charge in [-0.25, -0.2) is 0 Å². The van der Waals surface area contributed by atoms with Crippen molar-refractivity contribution in [3.8, 4) is 0 Å². The van der Waals surface area contributed by atoms with Gasteiger partial charge in [0.1, 0.15) is 0 Å². The van der Waals surface area contributed by atoms with Gasteiger partial charge in [0.15, 0.2) is 0 Å². The van der Waals surface area contributed by atoms with Crippen molar-refractivity contribution in [2.75, 3.05) is 4.90 Å². The smallest absolute Gasteiger partial charge is 0.0545 e. The molecule has 1 aliphatic rings. The fraction of sp³-hybridized carbons (Fsp3) is 0.182. The van der Waals surface area contributed by atoms with E-state index < -0.39 is 0 Å². The predicted molar refractivity (Wildman–Crippen MR) is 104 cm³/mol. The van der Waals surface area contributed by atoms with Crippen molar-refractivity contribution in [1.29, 1.82) is 0 Å². The van der Waals surface area contributed by atoms with Crippen molar-refractivity contribution >= 4 is 28.0 Å². The Balaban J connectivity index is 1.77. The number of allylic oxidation sites excluding steroid dienone is 1. The van der Waals surface area contributed by atoms with Gasteiger partial charge in [-0.1, -0.05) is 38.3 Å². The van der Waals surface area contributed by atoms with Crippen LogP contribution < -0.4 is 4.90 Å². The number of fused-ring (bicyclic) bond motifs is 2. The highest BCUT2D eigenvalue weighted by Crippen LogP contribution is 2.37. The van der Waals surface area contributed by atoms with Crippen LogP contribution in [0.1, 0.15) is 30.5 Å². The molecule has 0 N–H and O–H groups in total. The molecule has 2 aromatic carbocycles. The van der Waals surface area contributed by atoms with E-state index in [-0.39, 0.29) is 0 Å². The molecule has 0 atom stereocenters. The van der Waals surface area contributed by atoms with Crippen LogP contribution >= 0.6 is 0 Å². The molecule has 0 spiro atoms. The van der Waals surface area contributed by atoms with Crippen molar-refractivity contribution in [2.45, 2.75) is 26.8 Å². The van der Waals surface area contributed by atoms with Gasteiger partial charge in [-0.3, -0.25) is 0 Å². The number of anilines is 1. The van der Waals surface area contributed by atoms with E-state index in [1.165, 1.54) is 33.3 Å². The average Bonchev–Trinajstić information content (AvgIpc) is 3.15. The summed E-state index contributed by atoms with van der Waals surface area (Å²) in [6, 6.07) is 15.5. The molecule has 24 heavy (non-hydrogen) atoms. The monoisotopic (exact) mass is 314 g/mol. The van der Waals surface area contributed by atoms with Gasteiger partial charge in [0, 0.05) is 40.8 Å². The van der Waals surface area contributed by atoms with Gasteiger partial charge in [0.05, 0.1) is 5.52 Å². The summed E-state index contributed by atoms with van der Waals surface area (Å²) in [5.74, 6) is 0. The second kappa shape index (κ2) is 5.41. The molecule has 3 aromatic rings. The number of aryl methyl sites for hydroxylation is 1. The molecule has 4 rings (SSSR count). The van der Waals surface area contributed by atoms with Gasteiger partial charge in [0.2, 0.25) is 0 Å². The number of hydrogen-bond acceptors (Lipinski definition) is 1. The lowest BCUT2D eigenvalue weighted by atomic mass is 10.0. The van der Waals surface area contributed by atoms with Crippen LogP contribution in [0.15, 0.2) is 61.8 Å². The van der Waals surface area contributed by atoms with Gasteiger partial charge in [-0.05, 0) is 48.7 Å². The molecule has 120 valence electrons. The number of aromatic nitrogens is 1. The van der Waals surface area contributed by atoms with Crippen LogP contribution in [-0.2, 0) is 13.0 Å². The minimum absolute atomic E-state index is 0.886. The Labute approximate surface area is 143 Å². The van der Waals surface area contributed by atoms with E-state index >= 15 is 0 Å². The standard InChI is InChI=1S/C22H22N2/c1-5-17-6-7-19-14-24(16(4)21(19)12-17)20-9-8-18-10-11-23(15(2)3)22(18)13-20/h6-13H,2,4-5,14H2,1,3H3. The maximum Gasteiger partial charge on any atom is 0.0545 e. The third kappa shape index (κ3) is 2.18. The Morgan fingerprint density at radius 3 is 2.71 bits per heavy atom. The number of rotatable bonds is 3. The van der Waals surface area contributed by atoms with Crippen LogP contribution in [0.25, 0.3) is 22.3 Å². The molecule has 1 aliphatic heterocycles. The van der Waals surface area contributed by atoms with Crippen LogP contribution in [0, 0.1) is 0 Å². The van der Waals surface area contributed by atoms with Gasteiger partial charge in [-0.2, -0.15) is 0 Å². The second-order valence-electron chi connectivity index (χ2n) is 6.54. The molecule has 0 amide bonds. The summed E-state index contributed by atoms with van der Waals surface area (Å²) in [4.78, 5) is 2.30. The number of benzene rings is 2. The minimum atomic E-state index is 0.886. The van der Waals surface area contributed by atoms with E-state index in [2.05, 4.69) is 78.2 Å². The molecule has 0 saturated carbocycles. The molecule has 0 unspecified atom stereocenters. The normalized spacial score (nSPS) is 13.6. The molecule has 1 aromatic heterocycles. The third-order valence-electron chi connectivity index (χ3n) is 4.95. The van der Waals surface area contributed by atoms with Crippen LogP contribution in [0.2, 0.25) is 0 Å². The fourth-order valence-electron chi connectivity index (χ4n) is 3.53. The number of nitrogens with zero attached hydrogens (tertiary/aromatic N) is 2. The lowest BCUT2D eigenvalue weighted by molar-refractivity contribution is 1.04. The Morgan fingerprint density at radius 2 is 1.96 bits per heavy atom. The first-order valence-corrected chi connectivity index (χ1v) is 8.44. The SMILES string of the molecule is C=C1c2cc(CC)ccc2CN1c1ccc2ccn(C(=C)C)c2c1. The molecular formula is C22H22N2. The first kappa shape index (κ1) is 14.8. The quantitative estimate of drug-likeness (QED) is 0.603. The lowest BCUT2D eigenvalue weighted by Crippen LogP contribution is -2.12. The summed E-state index contributed by atoms with van der Waals surface area (Å²) in [7, 11) is 0. The zero-order valence-corrected chi connectivity index (χ0v) is 14.3. The van der Waals surface area contributed by atoms with Crippen LogP contribution in [0.5, 0.6) is 0 Å². The zero-order chi connectivity index (χ0) is 16.8. The van der Waals surface area contributed by atoms with Crippen molar-refractivity contribution in [1.82, 2.24) is 4.57 Å². The Hall–Kier alpha value is -2.74. The van der Waals surface area contributed by atoms with E-state index in [1.807, 2.05) is 6.92 Å². The lowest BCUT2D eigenvalue weighted by Gasteiger charge is -2.20. The largest absolute Gasteiger partial charge is 0.337 e. The molecule has 0 bridgehead atoms. The molecule has 0 radical (unpaired) electrons. The first-order valence-electron chi connectivity index (χ1n) is 8.44. The van der Waals surface area contributed by atoms with Crippen LogP contribution in [0.3, 0.4) is 0 Å². The van der Waals surface area contributed by atoms with Crippen LogP contribution in [0.4, 0.5) is 5.69 Å². The summed E-state index contributed by atoms with van der Waals surface area (Å²) >= 11 is 0. The van der Waals surface area contributed by atoms with Crippen LogP contribution in [-0.4, -0.2) is 4.57 Å². The highest BCUT2D eigenvalue weighted by atomic mass is 15.2. The summed E-state index contributed by atoms with van der Waals surface area (Å²) in [5, 5.41) is 1.23. The molecule has 2 heteroatoms. The molecule has 0 aliphatic carbocycles. The molecule has 2 heterocycles. The van der Waals surface area contributed by atoms with E-state index in [4.69, 9.17) is 0 Å². The maximum atomic E-state index is 4.36. The molecule has 0 saturated heterocycles. The Kier molecular flexibility index (Phi) is 3.34. The van der Waals surface area contributed by atoms with Gasteiger partial charge >= 0.3 is 0 Å². The summed E-state index contributed by atoms with van der Waals surface area (Å²) in [5.41, 5.74) is 8.49. The topological polar surface area (TPSA) is 8.17 Å². The first-order chi connectivity index (χ1) is 11.6. The van der Waals surface area contributed by atoms with E-state index in [1.54, 1.807) is 0 Å². The molecular weight excluding hydrogens is 292 g/mol. The third-order valence-corrected chi connectivity index (χ3v) is 4.95. The zero-order valence-electron chi connectivity index (χ0n) is 14.3. The van der Waals surface area contributed by atoms with Gasteiger partial charge < -0.3 is 9.47 Å². The van der Waals surface area contributed by atoms with Gasteiger partial charge in [0.25, 0.3) is 0 Å². The maximum absolute atomic E-state index is 4.36. The highest BCUT2D eigenvalue weighted by Gasteiger charge is 2.24. The summed E-state index contributed by atoms with van der Waals surface area (Å²) in [6.45, 7) is 13.5. The Bertz CT molecular complexity index is 975. The average molecular weight is 314 g/mol. The van der Waals surface area contributed by atoms with Crippen molar-refractivity contribution in [3.63, 3.8) is 0 Å². The Morgan fingerprint density at radius 1 is 1.12 bits per heavy atom. The summed E-state index contributed by atoms with van der Waals surface area (Å²) < 4.78 is 2.14. The van der Waals surface area contributed by atoms with Crippen molar-refractivity contribution in [2.24, 2.45) is 0 Å². The predicted octanol–water partition coefficient (Wildman–Crippen LogP) is 5.69. The van der Waals surface area contributed by atoms with Crippen molar-refractivity contribution < 1.29 is 0 Å². The molecule has 0 fully saturated rings. The highest BCUT2D eigenvalue weighted by molar-refractivity contribution is 5.90. The van der Waals surface area contributed by atoms with E-state index in [0.29, 0.717) is 0 Å². The van der Waals surface area contributed by atoms with E-state index in [9.17, 15) is 0 Å². The second-order valence-corrected chi connectivity index (χ2v) is 6.54.